The van der Waals surface area contributed by atoms with Crippen LogP contribution in [0.3, 0.4) is 0 Å². The Morgan fingerprint density at radius 3 is 2.91 bits per heavy atom. The lowest BCUT2D eigenvalue weighted by molar-refractivity contribution is -0.135. The molecule has 1 unspecified atom stereocenters. The first kappa shape index (κ1) is 8.11. The molecule has 2 N–H and O–H groups in total. The van der Waals surface area contributed by atoms with Crippen molar-refractivity contribution in [2.75, 3.05) is 6.54 Å². The van der Waals surface area contributed by atoms with Gasteiger partial charge in [-0.15, -0.1) is 0 Å². The molecule has 0 spiro atoms. The molecule has 1 atom stereocenters. The summed E-state index contributed by atoms with van der Waals surface area (Å²) in [6, 6.07) is 0. The zero-order valence-corrected chi connectivity index (χ0v) is 6.84. The third-order valence-corrected chi connectivity index (χ3v) is 2.05. The quantitative estimate of drug-likeness (QED) is 0.603. The highest BCUT2D eigenvalue weighted by Gasteiger charge is 2.25. The molecule has 1 fully saturated rings. The number of amides is 1. The predicted octanol–water partition coefficient (Wildman–Crippen LogP) is 0.675. The van der Waals surface area contributed by atoms with Crippen LogP contribution in [0.2, 0.25) is 0 Å². The SMILES string of the molecule is C=C(N)N1CCCC(C)C1=O. The molecule has 1 rings (SSSR count). The fraction of sp³-hybridized carbons (Fsp3) is 0.625. The van der Waals surface area contributed by atoms with E-state index in [4.69, 9.17) is 5.73 Å². The van der Waals surface area contributed by atoms with E-state index in [1.54, 1.807) is 4.90 Å². The highest BCUT2D eigenvalue weighted by atomic mass is 16.2. The Morgan fingerprint density at radius 2 is 2.45 bits per heavy atom. The first-order chi connectivity index (χ1) is 5.13. The first-order valence-electron chi connectivity index (χ1n) is 3.88. The minimum absolute atomic E-state index is 0.115. The van der Waals surface area contributed by atoms with Gasteiger partial charge >= 0.3 is 0 Å². The summed E-state index contributed by atoms with van der Waals surface area (Å²) in [5.41, 5.74) is 5.43. The molecular formula is C8H14N2O. The summed E-state index contributed by atoms with van der Waals surface area (Å²) in [4.78, 5) is 12.9. The molecule has 0 aliphatic carbocycles. The molecule has 1 saturated heterocycles. The largest absolute Gasteiger partial charge is 0.386 e. The second kappa shape index (κ2) is 2.95. The molecule has 0 aromatic heterocycles. The van der Waals surface area contributed by atoms with Gasteiger partial charge in [0.1, 0.15) is 0 Å². The molecule has 0 saturated carbocycles. The van der Waals surface area contributed by atoms with Crippen molar-refractivity contribution in [3.05, 3.63) is 12.4 Å². The van der Waals surface area contributed by atoms with E-state index in [1.165, 1.54) is 0 Å². The number of nitrogens with zero attached hydrogens (tertiary/aromatic N) is 1. The van der Waals surface area contributed by atoms with Crippen LogP contribution in [-0.2, 0) is 4.79 Å². The number of carbonyl (C=O) groups excluding carboxylic acids is 1. The van der Waals surface area contributed by atoms with Crippen molar-refractivity contribution in [2.24, 2.45) is 11.7 Å². The molecule has 62 valence electrons. The van der Waals surface area contributed by atoms with Crippen molar-refractivity contribution in [2.45, 2.75) is 19.8 Å². The van der Waals surface area contributed by atoms with E-state index in [0.29, 0.717) is 5.82 Å². The van der Waals surface area contributed by atoms with E-state index in [-0.39, 0.29) is 11.8 Å². The number of piperidine rings is 1. The van der Waals surface area contributed by atoms with Crippen molar-refractivity contribution in [3.63, 3.8) is 0 Å². The minimum Gasteiger partial charge on any atom is -0.386 e. The highest BCUT2D eigenvalue weighted by Crippen LogP contribution is 2.18. The van der Waals surface area contributed by atoms with Crippen LogP contribution >= 0.6 is 0 Å². The van der Waals surface area contributed by atoms with Gasteiger partial charge in [0, 0.05) is 12.5 Å². The third-order valence-electron chi connectivity index (χ3n) is 2.05. The van der Waals surface area contributed by atoms with E-state index in [2.05, 4.69) is 6.58 Å². The molecule has 1 aliphatic heterocycles. The van der Waals surface area contributed by atoms with Gasteiger partial charge in [-0.1, -0.05) is 13.5 Å². The molecule has 1 heterocycles. The topological polar surface area (TPSA) is 46.3 Å². The van der Waals surface area contributed by atoms with Gasteiger partial charge in [-0.05, 0) is 12.8 Å². The lowest BCUT2D eigenvalue weighted by Crippen LogP contribution is -2.41. The fourth-order valence-electron chi connectivity index (χ4n) is 1.34. The third kappa shape index (κ3) is 1.53. The number of hydrogen-bond acceptors (Lipinski definition) is 2. The summed E-state index contributed by atoms with van der Waals surface area (Å²) in [6.07, 6.45) is 2.01. The number of likely N-dealkylation sites (tertiary alicyclic amines) is 1. The highest BCUT2D eigenvalue weighted by molar-refractivity contribution is 5.80. The van der Waals surface area contributed by atoms with Crippen molar-refractivity contribution in [3.8, 4) is 0 Å². The molecular weight excluding hydrogens is 140 g/mol. The van der Waals surface area contributed by atoms with Crippen molar-refractivity contribution in [1.82, 2.24) is 4.90 Å². The van der Waals surface area contributed by atoms with Gasteiger partial charge in [0.2, 0.25) is 5.91 Å². The van der Waals surface area contributed by atoms with E-state index in [1.807, 2.05) is 6.92 Å². The summed E-state index contributed by atoms with van der Waals surface area (Å²) >= 11 is 0. The van der Waals surface area contributed by atoms with Crippen LogP contribution in [0, 0.1) is 5.92 Å². The lowest BCUT2D eigenvalue weighted by atomic mass is 9.99. The summed E-state index contributed by atoms with van der Waals surface area (Å²) in [5.74, 6) is 0.606. The van der Waals surface area contributed by atoms with Gasteiger partial charge in [-0.2, -0.15) is 0 Å². The lowest BCUT2D eigenvalue weighted by Gasteiger charge is -2.29. The Kier molecular flexibility index (Phi) is 2.17. The Bertz CT molecular complexity index is 189. The van der Waals surface area contributed by atoms with Gasteiger partial charge in [0.05, 0.1) is 5.82 Å². The summed E-state index contributed by atoms with van der Waals surface area (Å²) in [5, 5.41) is 0. The molecule has 3 heteroatoms. The van der Waals surface area contributed by atoms with Crippen LogP contribution in [-0.4, -0.2) is 17.4 Å². The molecule has 1 aliphatic rings. The summed E-state index contributed by atoms with van der Waals surface area (Å²) < 4.78 is 0. The summed E-state index contributed by atoms with van der Waals surface area (Å²) in [6.45, 7) is 6.21. The number of hydrogen-bond donors (Lipinski definition) is 1. The van der Waals surface area contributed by atoms with Crippen molar-refractivity contribution in [1.29, 1.82) is 0 Å². The fourth-order valence-corrected chi connectivity index (χ4v) is 1.34. The summed E-state index contributed by atoms with van der Waals surface area (Å²) in [7, 11) is 0. The average molecular weight is 154 g/mol. The van der Waals surface area contributed by atoms with Crippen LogP contribution in [0.5, 0.6) is 0 Å². The second-order valence-corrected chi connectivity index (χ2v) is 3.02. The number of nitrogens with two attached hydrogens (primary N) is 1. The molecule has 0 bridgehead atoms. The van der Waals surface area contributed by atoms with Gasteiger partial charge < -0.3 is 5.73 Å². The molecule has 11 heavy (non-hydrogen) atoms. The number of rotatable bonds is 1. The van der Waals surface area contributed by atoms with Crippen LogP contribution in [0.4, 0.5) is 0 Å². The van der Waals surface area contributed by atoms with Crippen molar-refractivity contribution < 1.29 is 4.79 Å². The second-order valence-electron chi connectivity index (χ2n) is 3.02. The van der Waals surface area contributed by atoms with Gasteiger partial charge in [-0.25, -0.2) is 0 Å². The zero-order chi connectivity index (χ0) is 8.43. The first-order valence-corrected chi connectivity index (χ1v) is 3.88. The average Bonchev–Trinajstić information content (AvgIpc) is 1.94. The predicted molar refractivity (Wildman–Crippen MR) is 43.4 cm³/mol. The van der Waals surface area contributed by atoms with Crippen LogP contribution in [0.25, 0.3) is 0 Å². The van der Waals surface area contributed by atoms with Gasteiger partial charge in [0.15, 0.2) is 0 Å². The van der Waals surface area contributed by atoms with E-state index in [9.17, 15) is 4.79 Å². The van der Waals surface area contributed by atoms with Crippen LogP contribution in [0.1, 0.15) is 19.8 Å². The van der Waals surface area contributed by atoms with Gasteiger partial charge in [0.25, 0.3) is 0 Å². The standard InChI is InChI=1S/C8H14N2O/c1-6-4-3-5-10(7(2)9)8(6)11/h6H,2-5,9H2,1H3. The van der Waals surface area contributed by atoms with Crippen molar-refractivity contribution >= 4 is 5.91 Å². The van der Waals surface area contributed by atoms with Crippen LogP contribution < -0.4 is 5.73 Å². The monoisotopic (exact) mass is 154 g/mol. The molecule has 0 aromatic rings. The van der Waals surface area contributed by atoms with Crippen LogP contribution in [0.15, 0.2) is 12.4 Å². The molecule has 3 nitrogen and oxygen atoms in total. The maximum absolute atomic E-state index is 11.4. The molecule has 0 aromatic carbocycles. The molecule has 0 radical (unpaired) electrons. The molecule has 1 amide bonds. The Hall–Kier alpha value is -0.990. The Morgan fingerprint density at radius 1 is 1.82 bits per heavy atom. The maximum Gasteiger partial charge on any atom is 0.230 e. The van der Waals surface area contributed by atoms with E-state index < -0.39 is 0 Å². The van der Waals surface area contributed by atoms with Gasteiger partial charge in [-0.3, -0.25) is 9.69 Å². The normalized spacial score (nSPS) is 25.4. The maximum atomic E-state index is 11.4. The number of carbonyl (C=O) groups is 1. The minimum atomic E-state index is 0.115. The zero-order valence-electron chi connectivity index (χ0n) is 6.84. The Balaban J connectivity index is 2.66. The van der Waals surface area contributed by atoms with E-state index >= 15 is 0 Å². The van der Waals surface area contributed by atoms with E-state index in [0.717, 1.165) is 19.4 Å². The Labute approximate surface area is 66.9 Å². The smallest absolute Gasteiger partial charge is 0.230 e.